The third-order valence-electron chi connectivity index (χ3n) is 3.08. The fourth-order valence-corrected chi connectivity index (χ4v) is 1.85. The van der Waals surface area contributed by atoms with Crippen molar-refractivity contribution in [3.63, 3.8) is 0 Å². The molecule has 0 bridgehead atoms. The second-order valence-corrected chi connectivity index (χ2v) is 5.23. The lowest BCUT2D eigenvalue weighted by atomic mass is 10.0. The van der Waals surface area contributed by atoms with Crippen LogP contribution in [0.25, 0.3) is 0 Å². The van der Waals surface area contributed by atoms with Gasteiger partial charge in [0.2, 0.25) is 0 Å². The lowest BCUT2D eigenvalue weighted by Gasteiger charge is -2.26. The van der Waals surface area contributed by atoms with E-state index in [0.29, 0.717) is 6.54 Å². The van der Waals surface area contributed by atoms with E-state index >= 15 is 0 Å². The van der Waals surface area contributed by atoms with Gasteiger partial charge in [-0.3, -0.25) is 0 Å². The largest absolute Gasteiger partial charge is 0.414 e. The Bertz CT molecular complexity index is 418. The van der Waals surface area contributed by atoms with Crippen LogP contribution in [0.1, 0.15) is 38.0 Å². The number of hydrogen-bond donors (Lipinski definition) is 1. The lowest BCUT2D eigenvalue weighted by Crippen LogP contribution is -2.35. The average Bonchev–Trinajstić information content (AvgIpc) is 2.33. The molecular weight excluding hydrogens is 267 g/mol. The van der Waals surface area contributed by atoms with Gasteiger partial charge in [-0.2, -0.15) is 13.2 Å². The summed E-state index contributed by atoms with van der Waals surface area (Å²) in [6.45, 7) is 7.16. The summed E-state index contributed by atoms with van der Waals surface area (Å²) in [5.41, 5.74) is 1.72. The molecule has 2 atom stereocenters. The van der Waals surface area contributed by atoms with Crippen molar-refractivity contribution < 1.29 is 17.9 Å². The van der Waals surface area contributed by atoms with Gasteiger partial charge in [-0.25, -0.2) is 0 Å². The Kier molecular flexibility index (Phi) is 6.02. The van der Waals surface area contributed by atoms with Crippen molar-refractivity contribution in [2.24, 2.45) is 0 Å². The van der Waals surface area contributed by atoms with Crippen LogP contribution < -0.4 is 5.32 Å². The van der Waals surface area contributed by atoms with E-state index in [2.05, 4.69) is 5.32 Å². The molecule has 0 aliphatic heterocycles. The maximum atomic E-state index is 12.7. The zero-order valence-electron chi connectivity index (χ0n) is 12.3. The second kappa shape index (κ2) is 7.09. The van der Waals surface area contributed by atoms with E-state index in [1.807, 2.05) is 45.0 Å². The molecule has 1 N–H and O–H groups in total. The molecule has 0 aliphatic rings. The van der Waals surface area contributed by atoms with Crippen LogP contribution in [0.2, 0.25) is 0 Å². The molecule has 2 nitrogen and oxygen atoms in total. The third-order valence-corrected chi connectivity index (χ3v) is 3.08. The summed E-state index contributed by atoms with van der Waals surface area (Å²) in [5, 5.41) is 3.14. The van der Waals surface area contributed by atoms with E-state index in [1.165, 1.54) is 0 Å². The first kappa shape index (κ1) is 17.0. The Hall–Kier alpha value is -1.07. The molecule has 0 saturated heterocycles. The molecule has 0 amide bonds. The number of rotatable bonds is 6. The molecular formula is C15H22F3NO. The van der Waals surface area contributed by atoms with Crippen LogP contribution in [0, 0.1) is 6.92 Å². The van der Waals surface area contributed by atoms with Crippen molar-refractivity contribution in [2.75, 3.05) is 6.54 Å². The van der Waals surface area contributed by atoms with Crippen molar-refractivity contribution in [1.29, 1.82) is 0 Å². The molecule has 0 aliphatic carbocycles. The van der Waals surface area contributed by atoms with Gasteiger partial charge in [0.25, 0.3) is 0 Å². The summed E-state index contributed by atoms with van der Waals surface area (Å²) < 4.78 is 43.3. The van der Waals surface area contributed by atoms with Gasteiger partial charge in [-0.1, -0.05) is 38.1 Å². The number of ether oxygens (including phenoxy) is 1. The number of alkyl halides is 3. The maximum absolute atomic E-state index is 12.7. The number of nitrogens with one attached hydrogen (secondary N) is 1. The molecule has 0 saturated carbocycles. The van der Waals surface area contributed by atoms with Crippen LogP contribution in [0.3, 0.4) is 0 Å². The molecule has 1 aromatic rings. The van der Waals surface area contributed by atoms with Crippen LogP contribution in [-0.4, -0.2) is 24.9 Å². The van der Waals surface area contributed by atoms with Crippen LogP contribution >= 0.6 is 0 Å². The Balaban J connectivity index is 2.88. The van der Waals surface area contributed by atoms with Gasteiger partial charge >= 0.3 is 6.18 Å². The van der Waals surface area contributed by atoms with Gasteiger partial charge in [0.1, 0.15) is 0 Å². The van der Waals surface area contributed by atoms with Crippen molar-refractivity contribution in [2.45, 2.75) is 52.1 Å². The first-order chi connectivity index (χ1) is 9.21. The monoisotopic (exact) mass is 289 g/mol. The van der Waals surface area contributed by atoms with Crippen LogP contribution in [0.5, 0.6) is 0 Å². The summed E-state index contributed by atoms with van der Waals surface area (Å²) in [4.78, 5) is 0. The average molecular weight is 289 g/mol. The van der Waals surface area contributed by atoms with E-state index in [4.69, 9.17) is 4.74 Å². The first-order valence-electron chi connectivity index (χ1n) is 6.73. The van der Waals surface area contributed by atoms with Crippen molar-refractivity contribution in [3.8, 4) is 0 Å². The third kappa shape index (κ3) is 5.13. The standard InChI is InChI=1S/C15H22F3NO/c1-10(2)19-9-14(20-12(4)15(16,17)18)13-8-6-5-7-11(13)3/h5-8,10,12,14,19H,9H2,1-4H3. The molecule has 0 heterocycles. The zero-order chi connectivity index (χ0) is 15.3. The highest BCUT2D eigenvalue weighted by molar-refractivity contribution is 5.28. The second-order valence-electron chi connectivity index (χ2n) is 5.23. The Labute approximate surface area is 118 Å². The van der Waals surface area contributed by atoms with Gasteiger partial charge in [-0.15, -0.1) is 0 Å². The predicted molar refractivity (Wildman–Crippen MR) is 73.7 cm³/mol. The van der Waals surface area contributed by atoms with Crippen LogP contribution in [0.15, 0.2) is 24.3 Å². The van der Waals surface area contributed by atoms with E-state index in [1.54, 1.807) is 0 Å². The SMILES string of the molecule is Cc1ccccc1C(CNC(C)C)OC(C)C(F)(F)F. The quantitative estimate of drug-likeness (QED) is 0.854. The molecule has 5 heteroatoms. The van der Waals surface area contributed by atoms with Crippen LogP contribution in [-0.2, 0) is 4.74 Å². The predicted octanol–water partition coefficient (Wildman–Crippen LogP) is 4.00. The highest BCUT2D eigenvalue weighted by atomic mass is 19.4. The minimum Gasteiger partial charge on any atom is -0.360 e. The number of hydrogen-bond acceptors (Lipinski definition) is 2. The fraction of sp³-hybridized carbons (Fsp3) is 0.600. The molecule has 1 aromatic carbocycles. The lowest BCUT2D eigenvalue weighted by molar-refractivity contribution is -0.227. The topological polar surface area (TPSA) is 21.3 Å². The van der Waals surface area contributed by atoms with E-state index in [0.717, 1.165) is 18.1 Å². The molecule has 0 aromatic heterocycles. The Morgan fingerprint density at radius 1 is 1.15 bits per heavy atom. The van der Waals surface area contributed by atoms with Gasteiger partial charge in [-0.05, 0) is 25.0 Å². The summed E-state index contributed by atoms with van der Waals surface area (Å²) in [6.07, 6.45) is -6.75. The maximum Gasteiger partial charge on any atom is 0.414 e. The summed E-state index contributed by atoms with van der Waals surface area (Å²) >= 11 is 0. The highest BCUT2D eigenvalue weighted by Crippen LogP contribution is 2.29. The van der Waals surface area contributed by atoms with Gasteiger partial charge < -0.3 is 10.1 Å². The Morgan fingerprint density at radius 2 is 1.75 bits per heavy atom. The minimum absolute atomic E-state index is 0.186. The molecule has 20 heavy (non-hydrogen) atoms. The smallest absolute Gasteiger partial charge is 0.360 e. The van der Waals surface area contributed by atoms with E-state index < -0.39 is 18.4 Å². The Morgan fingerprint density at radius 3 is 2.25 bits per heavy atom. The number of halogens is 3. The van der Waals surface area contributed by atoms with E-state index in [9.17, 15) is 13.2 Å². The van der Waals surface area contributed by atoms with Crippen LogP contribution in [0.4, 0.5) is 13.2 Å². The molecule has 0 radical (unpaired) electrons. The molecule has 2 unspecified atom stereocenters. The number of aryl methyl sites for hydroxylation is 1. The normalized spacial score (nSPS) is 15.4. The summed E-state index contributed by atoms with van der Waals surface area (Å²) in [6, 6.07) is 7.54. The first-order valence-corrected chi connectivity index (χ1v) is 6.73. The molecule has 0 spiro atoms. The summed E-state index contributed by atoms with van der Waals surface area (Å²) in [7, 11) is 0. The zero-order valence-corrected chi connectivity index (χ0v) is 12.3. The van der Waals surface area contributed by atoms with Crippen molar-refractivity contribution in [3.05, 3.63) is 35.4 Å². The highest BCUT2D eigenvalue weighted by Gasteiger charge is 2.38. The van der Waals surface area contributed by atoms with Gasteiger partial charge in [0.05, 0.1) is 6.10 Å². The summed E-state index contributed by atoms with van der Waals surface area (Å²) in [5.74, 6) is 0. The molecule has 1 rings (SSSR count). The molecule has 0 fully saturated rings. The van der Waals surface area contributed by atoms with Crippen molar-refractivity contribution >= 4 is 0 Å². The van der Waals surface area contributed by atoms with Gasteiger partial charge in [0, 0.05) is 12.6 Å². The minimum atomic E-state index is -4.35. The number of benzene rings is 1. The molecule has 114 valence electrons. The van der Waals surface area contributed by atoms with E-state index in [-0.39, 0.29) is 6.04 Å². The fourth-order valence-electron chi connectivity index (χ4n) is 1.85. The van der Waals surface area contributed by atoms with Crippen molar-refractivity contribution in [1.82, 2.24) is 5.32 Å². The van der Waals surface area contributed by atoms with Gasteiger partial charge in [0.15, 0.2) is 6.10 Å².